The van der Waals surface area contributed by atoms with Crippen molar-refractivity contribution in [3.63, 3.8) is 0 Å². The average molecular weight is 435 g/mol. The van der Waals surface area contributed by atoms with E-state index < -0.39 is 17.5 Å². The van der Waals surface area contributed by atoms with Gasteiger partial charge in [-0.3, -0.25) is 9.88 Å². The van der Waals surface area contributed by atoms with Gasteiger partial charge in [0.15, 0.2) is 0 Å². The standard InChI is InChI=1S/C22H21F4N3O2/c23-17-6-4-15(5-7-17)20-19(31-21(30)27-20)8-9-28-10-12-29(13-11-28)18-3-1-2-16(14-18)22(24,25)26/h1-7,14H,8-13H2,(H,27,30). The molecule has 0 spiro atoms. The fourth-order valence-corrected chi connectivity index (χ4v) is 3.75. The Morgan fingerprint density at radius 1 is 1.00 bits per heavy atom. The molecule has 3 aromatic rings. The Morgan fingerprint density at radius 3 is 2.39 bits per heavy atom. The molecule has 4 rings (SSSR count). The minimum atomic E-state index is -4.36. The predicted molar refractivity (Wildman–Crippen MR) is 109 cm³/mol. The molecule has 2 heterocycles. The Hall–Kier alpha value is -3.07. The summed E-state index contributed by atoms with van der Waals surface area (Å²) in [5, 5.41) is 0. The van der Waals surface area contributed by atoms with Gasteiger partial charge in [-0.2, -0.15) is 13.2 Å². The van der Waals surface area contributed by atoms with Crippen molar-refractivity contribution < 1.29 is 22.0 Å². The topological polar surface area (TPSA) is 52.5 Å². The highest BCUT2D eigenvalue weighted by molar-refractivity contribution is 5.60. The van der Waals surface area contributed by atoms with Crippen molar-refractivity contribution in [3.05, 3.63) is 76.2 Å². The van der Waals surface area contributed by atoms with E-state index in [0.717, 1.165) is 6.07 Å². The number of rotatable bonds is 5. The monoisotopic (exact) mass is 435 g/mol. The summed E-state index contributed by atoms with van der Waals surface area (Å²) >= 11 is 0. The molecule has 1 aliphatic heterocycles. The van der Waals surface area contributed by atoms with Gasteiger partial charge in [0.1, 0.15) is 11.6 Å². The second kappa shape index (κ2) is 8.58. The zero-order chi connectivity index (χ0) is 22.0. The first-order chi connectivity index (χ1) is 14.8. The molecule has 0 unspecified atom stereocenters. The SMILES string of the molecule is O=c1[nH]c(-c2ccc(F)cc2)c(CCN2CCN(c3cccc(C(F)(F)F)c3)CC2)o1. The summed E-state index contributed by atoms with van der Waals surface area (Å²) in [5.41, 5.74) is 1.11. The van der Waals surface area contributed by atoms with Gasteiger partial charge in [-0.05, 0) is 42.5 Å². The van der Waals surface area contributed by atoms with Crippen molar-refractivity contribution >= 4 is 5.69 Å². The van der Waals surface area contributed by atoms with E-state index in [1.54, 1.807) is 18.2 Å². The van der Waals surface area contributed by atoms with E-state index in [4.69, 9.17) is 4.42 Å². The van der Waals surface area contributed by atoms with Crippen molar-refractivity contribution in [1.82, 2.24) is 9.88 Å². The fourth-order valence-electron chi connectivity index (χ4n) is 3.75. The third-order valence-electron chi connectivity index (χ3n) is 5.42. The summed E-state index contributed by atoms with van der Waals surface area (Å²) < 4.78 is 57.3. The van der Waals surface area contributed by atoms with E-state index in [0.29, 0.717) is 61.8 Å². The number of hydrogen-bond acceptors (Lipinski definition) is 4. The number of alkyl halides is 3. The highest BCUT2D eigenvalue weighted by atomic mass is 19.4. The first kappa shape index (κ1) is 21.2. The second-order valence-corrected chi connectivity index (χ2v) is 7.45. The fraction of sp³-hybridized carbons (Fsp3) is 0.318. The summed E-state index contributed by atoms with van der Waals surface area (Å²) in [5.74, 6) is -0.435. The molecule has 0 bridgehead atoms. The van der Waals surface area contributed by atoms with Crippen LogP contribution in [0.1, 0.15) is 11.3 Å². The number of aromatic nitrogens is 1. The van der Waals surface area contributed by atoms with Gasteiger partial charge in [-0.15, -0.1) is 0 Å². The number of hydrogen-bond donors (Lipinski definition) is 1. The van der Waals surface area contributed by atoms with E-state index >= 15 is 0 Å². The van der Waals surface area contributed by atoms with E-state index in [-0.39, 0.29) is 5.82 Å². The number of oxazole rings is 1. The van der Waals surface area contributed by atoms with Gasteiger partial charge in [0.2, 0.25) is 0 Å². The lowest BCUT2D eigenvalue weighted by atomic mass is 10.1. The van der Waals surface area contributed by atoms with Crippen LogP contribution < -0.4 is 10.7 Å². The third-order valence-corrected chi connectivity index (χ3v) is 5.42. The van der Waals surface area contributed by atoms with Crippen LogP contribution in [0.15, 0.2) is 57.7 Å². The average Bonchev–Trinajstić information content (AvgIpc) is 3.13. The molecule has 0 atom stereocenters. The third kappa shape index (κ3) is 4.99. The van der Waals surface area contributed by atoms with E-state index in [2.05, 4.69) is 9.88 Å². The normalized spacial score (nSPS) is 15.4. The molecule has 1 fully saturated rings. The summed E-state index contributed by atoms with van der Waals surface area (Å²) in [6.45, 7) is 3.19. The molecule has 5 nitrogen and oxygen atoms in total. The Bertz CT molecular complexity index is 1080. The van der Waals surface area contributed by atoms with Gasteiger partial charge in [0.25, 0.3) is 0 Å². The van der Waals surface area contributed by atoms with Crippen LogP contribution in [0.25, 0.3) is 11.3 Å². The number of nitrogens with one attached hydrogen (secondary N) is 1. The Morgan fingerprint density at radius 2 is 1.71 bits per heavy atom. The summed E-state index contributed by atoms with van der Waals surface area (Å²) in [6.07, 6.45) is -3.88. The van der Waals surface area contributed by atoms with Crippen LogP contribution in [0.3, 0.4) is 0 Å². The Balaban J connectivity index is 1.36. The molecule has 164 valence electrons. The first-order valence-electron chi connectivity index (χ1n) is 9.92. The quantitative estimate of drug-likeness (QED) is 0.612. The van der Waals surface area contributed by atoms with E-state index in [1.807, 2.05) is 4.90 Å². The summed E-state index contributed by atoms with van der Waals surface area (Å²) in [4.78, 5) is 18.5. The van der Waals surface area contributed by atoms with E-state index in [9.17, 15) is 22.4 Å². The molecule has 1 aromatic heterocycles. The van der Waals surface area contributed by atoms with Crippen LogP contribution in [-0.2, 0) is 12.6 Å². The Labute approximate surface area is 175 Å². The van der Waals surface area contributed by atoms with Gasteiger partial charge in [-0.25, -0.2) is 9.18 Å². The molecule has 2 aromatic carbocycles. The zero-order valence-corrected chi connectivity index (χ0v) is 16.6. The van der Waals surface area contributed by atoms with Gasteiger partial charge in [0, 0.05) is 50.4 Å². The van der Waals surface area contributed by atoms with Crippen LogP contribution in [0.4, 0.5) is 23.2 Å². The molecule has 1 aliphatic rings. The van der Waals surface area contributed by atoms with Gasteiger partial charge < -0.3 is 9.32 Å². The smallest absolute Gasteiger partial charge is 0.412 e. The zero-order valence-electron chi connectivity index (χ0n) is 16.6. The van der Waals surface area contributed by atoms with Crippen LogP contribution >= 0.6 is 0 Å². The number of benzene rings is 2. The minimum absolute atomic E-state index is 0.366. The van der Waals surface area contributed by atoms with Crippen molar-refractivity contribution in [1.29, 1.82) is 0 Å². The van der Waals surface area contributed by atoms with E-state index in [1.165, 1.54) is 24.3 Å². The molecular weight excluding hydrogens is 414 g/mol. The molecule has 1 N–H and O–H groups in total. The van der Waals surface area contributed by atoms with Gasteiger partial charge in [0.05, 0.1) is 11.3 Å². The van der Waals surface area contributed by atoms with Crippen molar-refractivity contribution in [3.8, 4) is 11.3 Å². The lowest BCUT2D eigenvalue weighted by Crippen LogP contribution is -2.47. The largest absolute Gasteiger partial charge is 0.416 e. The van der Waals surface area contributed by atoms with Gasteiger partial charge >= 0.3 is 11.9 Å². The molecule has 0 aliphatic carbocycles. The number of anilines is 1. The molecule has 0 radical (unpaired) electrons. The number of nitrogens with zero attached hydrogens (tertiary/aromatic N) is 2. The minimum Gasteiger partial charge on any atom is -0.412 e. The predicted octanol–water partition coefficient (Wildman–Crippen LogP) is 4.16. The molecule has 1 saturated heterocycles. The van der Waals surface area contributed by atoms with Crippen LogP contribution in [-0.4, -0.2) is 42.6 Å². The van der Waals surface area contributed by atoms with Crippen LogP contribution in [0, 0.1) is 5.82 Å². The number of aromatic amines is 1. The van der Waals surface area contributed by atoms with Crippen molar-refractivity contribution in [2.45, 2.75) is 12.6 Å². The van der Waals surface area contributed by atoms with Gasteiger partial charge in [-0.1, -0.05) is 6.07 Å². The van der Waals surface area contributed by atoms with Crippen LogP contribution in [0.5, 0.6) is 0 Å². The lowest BCUT2D eigenvalue weighted by molar-refractivity contribution is -0.137. The second-order valence-electron chi connectivity index (χ2n) is 7.45. The lowest BCUT2D eigenvalue weighted by Gasteiger charge is -2.36. The first-order valence-corrected chi connectivity index (χ1v) is 9.92. The highest BCUT2D eigenvalue weighted by Crippen LogP contribution is 2.32. The molecule has 9 heteroatoms. The van der Waals surface area contributed by atoms with Crippen molar-refractivity contribution in [2.75, 3.05) is 37.6 Å². The Kier molecular flexibility index (Phi) is 5.86. The molecular formula is C22H21F4N3O2. The summed E-state index contributed by atoms with van der Waals surface area (Å²) in [6, 6.07) is 11.2. The number of piperazine rings is 1. The molecule has 0 amide bonds. The highest BCUT2D eigenvalue weighted by Gasteiger charge is 2.31. The van der Waals surface area contributed by atoms with Crippen LogP contribution in [0.2, 0.25) is 0 Å². The summed E-state index contributed by atoms with van der Waals surface area (Å²) in [7, 11) is 0. The number of H-pyrrole nitrogens is 1. The number of halogens is 4. The molecule has 31 heavy (non-hydrogen) atoms. The maximum atomic E-state index is 13.2. The maximum absolute atomic E-state index is 13.2. The van der Waals surface area contributed by atoms with Crippen molar-refractivity contribution in [2.24, 2.45) is 0 Å². The molecule has 0 saturated carbocycles. The maximum Gasteiger partial charge on any atom is 0.416 e.